The van der Waals surface area contributed by atoms with Gasteiger partial charge in [-0.1, -0.05) is 6.92 Å². The molecule has 0 saturated carbocycles. The molecule has 0 aliphatic carbocycles. The summed E-state index contributed by atoms with van der Waals surface area (Å²) in [5.74, 6) is 4.48. The van der Waals surface area contributed by atoms with E-state index < -0.39 is 15.7 Å². The van der Waals surface area contributed by atoms with Crippen LogP contribution in [0.1, 0.15) is 27.3 Å². The van der Waals surface area contributed by atoms with E-state index in [2.05, 4.69) is 4.98 Å². The highest BCUT2D eigenvalue weighted by atomic mass is 32.2. The highest BCUT2D eigenvalue weighted by Crippen LogP contribution is 2.19. The van der Waals surface area contributed by atoms with Crippen LogP contribution in [0.5, 0.6) is 0 Å². The maximum atomic E-state index is 11.4. The number of amides is 1. The predicted molar refractivity (Wildman–Crippen MR) is 61.7 cm³/mol. The van der Waals surface area contributed by atoms with Gasteiger partial charge in [0, 0.05) is 5.75 Å². The van der Waals surface area contributed by atoms with Gasteiger partial charge in [0.2, 0.25) is 0 Å². The van der Waals surface area contributed by atoms with E-state index in [4.69, 9.17) is 5.84 Å². The fourth-order valence-electron chi connectivity index (χ4n) is 1.08. The Labute approximate surface area is 97.8 Å². The molecule has 8 heteroatoms. The van der Waals surface area contributed by atoms with Crippen molar-refractivity contribution in [2.75, 3.05) is 5.75 Å². The molecule has 1 heterocycles. The number of rotatable bonds is 4. The number of carbonyl (C=O) groups is 1. The first-order valence-corrected chi connectivity index (χ1v) is 7.21. The zero-order valence-corrected chi connectivity index (χ0v) is 10.6. The van der Waals surface area contributed by atoms with Crippen molar-refractivity contribution in [1.82, 2.24) is 10.4 Å². The van der Waals surface area contributed by atoms with Crippen molar-refractivity contribution in [3.8, 4) is 0 Å². The van der Waals surface area contributed by atoms with Gasteiger partial charge in [-0.3, -0.25) is 10.2 Å². The van der Waals surface area contributed by atoms with Crippen molar-refractivity contribution < 1.29 is 13.2 Å². The Morgan fingerprint density at radius 3 is 2.69 bits per heavy atom. The molecule has 1 aromatic heterocycles. The van der Waals surface area contributed by atoms with Crippen LogP contribution in [-0.4, -0.2) is 25.1 Å². The summed E-state index contributed by atoms with van der Waals surface area (Å²) < 4.78 is 22.7. The van der Waals surface area contributed by atoms with Crippen molar-refractivity contribution >= 4 is 27.1 Å². The molecule has 0 unspecified atom stereocenters. The standard InChI is InChI=1S/C8H13N3O3S2/c1-3-16(13,14)4-6-10-5(2)7(15-6)8(12)11-9/h3-4,9H2,1-2H3,(H,11,12). The second kappa shape index (κ2) is 4.89. The lowest BCUT2D eigenvalue weighted by Crippen LogP contribution is -2.29. The highest BCUT2D eigenvalue weighted by Gasteiger charge is 2.18. The second-order valence-electron chi connectivity index (χ2n) is 3.17. The largest absolute Gasteiger partial charge is 0.289 e. The molecule has 3 N–H and O–H groups in total. The summed E-state index contributed by atoms with van der Waals surface area (Å²) in [7, 11) is -3.12. The van der Waals surface area contributed by atoms with Crippen LogP contribution in [0.2, 0.25) is 0 Å². The van der Waals surface area contributed by atoms with Crippen LogP contribution >= 0.6 is 11.3 Å². The van der Waals surface area contributed by atoms with E-state index in [-0.39, 0.29) is 11.5 Å². The fraction of sp³-hybridized carbons (Fsp3) is 0.500. The number of nitrogens with one attached hydrogen (secondary N) is 1. The number of nitrogens with two attached hydrogens (primary N) is 1. The lowest BCUT2D eigenvalue weighted by Gasteiger charge is -1.95. The van der Waals surface area contributed by atoms with E-state index in [9.17, 15) is 13.2 Å². The number of hydrazine groups is 1. The third-order valence-corrected chi connectivity index (χ3v) is 4.89. The van der Waals surface area contributed by atoms with Gasteiger partial charge in [-0.25, -0.2) is 19.2 Å². The van der Waals surface area contributed by atoms with Crippen LogP contribution in [0.25, 0.3) is 0 Å². The van der Waals surface area contributed by atoms with Gasteiger partial charge in [0.1, 0.15) is 15.6 Å². The van der Waals surface area contributed by atoms with Crippen LogP contribution in [0.3, 0.4) is 0 Å². The van der Waals surface area contributed by atoms with E-state index in [1.54, 1.807) is 13.8 Å². The smallest absolute Gasteiger partial charge is 0.277 e. The molecule has 0 bridgehead atoms. The normalized spacial score (nSPS) is 11.4. The zero-order valence-electron chi connectivity index (χ0n) is 8.98. The van der Waals surface area contributed by atoms with Crippen LogP contribution in [0.4, 0.5) is 0 Å². The zero-order chi connectivity index (χ0) is 12.3. The first-order valence-electron chi connectivity index (χ1n) is 4.57. The van der Waals surface area contributed by atoms with Gasteiger partial charge < -0.3 is 0 Å². The van der Waals surface area contributed by atoms with Gasteiger partial charge in [-0.15, -0.1) is 11.3 Å². The van der Waals surface area contributed by atoms with Gasteiger partial charge >= 0.3 is 0 Å². The Bertz CT molecular complexity index is 493. The predicted octanol–water partition coefficient (Wildman–Crippen LogP) is -0.0103. The number of nitrogen functional groups attached to an aromatic ring is 1. The van der Waals surface area contributed by atoms with Crippen LogP contribution in [0, 0.1) is 6.92 Å². The summed E-state index contributed by atoms with van der Waals surface area (Å²) in [6.45, 7) is 3.21. The Morgan fingerprint density at radius 2 is 2.19 bits per heavy atom. The maximum Gasteiger partial charge on any atom is 0.277 e. The molecule has 1 rings (SSSR count). The molecule has 0 fully saturated rings. The van der Waals surface area contributed by atoms with Gasteiger partial charge in [0.05, 0.1) is 5.69 Å². The highest BCUT2D eigenvalue weighted by molar-refractivity contribution is 7.90. The lowest BCUT2D eigenvalue weighted by molar-refractivity contribution is 0.0957. The average Bonchev–Trinajstić information content (AvgIpc) is 2.57. The molecule has 0 atom stereocenters. The van der Waals surface area contributed by atoms with E-state index in [0.29, 0.717) is 15.6 Å². The van der Waals surface area contributed by atoms with Crippen molar-refractivity contribution in [3.63, 3.8) is 0 Å². The minimum Gasteiger partial charge on any atom is -0.289 e. The molecular weight excluding hydrogens is 250 g/mol. The molecule has 0 spiro atoms. The third-order valence-electron chi connectivity index (χ3n) is 1.96. The Hall–Kier alpha value is -0.990. The van der Waals surface area contributed by atoms with Crippen molar-refractivity contribution in [2.24, 2.45) is 5.84 Å². The number of thiazole rings is 1. The van der Waals surface area contributed by atoms with Gasteiger partial charge in [-0.05, 0) is 6.92 Å². The number of nitrogens with zero attached hydrogens (tertiary/aromatic N) is 1. The third kappa shape index (κ3) is 3.00. The molecular formula is C8H13N3O3S2. The summed E-state index contributed by atoms with van der Waals surface area (Å²) in [4.78, 5) is 15.7. The molecule has 0 aromatic carbocycles. The Kier molecular flexibility index (Phi) is 4.00. The topological polar surface area (TPSA) is 102 Å². The Morgan fingerprint density at radius 1 is 1.56 bits per heavy atom. The summed E-state index contributed by atoms with van der Waals surface area (Å²) >= 11 is 1.05. The average molecular weight is 263 g/mol. The number of carbonyl (C=O) groups excluding carboxylic acids is 1. The van der Waals surface area contributed by atoms with Crippen molar-refractivity contribution in [2.45, 2.75) is 19.6 Å². The number of aromatic nitrogens is 1. The first kappa shape index (κ1) is 13.1. The van der Waals surface area contributed by atoms with Gasteiger partial charge in [0.25, 0.3) is 5.91 Å². The van der Waals surface area contributed by atoms with Crippen LogP contribution in [-0.2, 0) is 15.6 Å². The number of aryl methyl sites for hydroxylation is 1. The minimum absolute atomic E-state index is 0.0596. The maximum absolute atomic E-state index is 11.4. The molecule has 1 aromatic rings. The first-order chi connectivity index (χ1) is 7.39. The SMILES string of the molecule is CCS(=O)(=O)Cc1nc(C)c(C(=O)NN)s1. The molecule has 1 amide bonds. The summed E-state index contributed by atoms with van der Waals surface area (Å²) in [6.07, 6.45) is 0. The number of hydrogen-bond acceptors (Lipinski definition) is 6. The summed E-state index contributed by atoms with van der Waals surface area (Å²) in [5.41, 5.74) is 2.49. The summed E-state index contributed by atoms with van der Waals surface area (Å²) in [5, 5.41) is 0.415. The molecule has 0 aliphatic rings. The summed E-state index contributed by atoms with van der Waals surface area (Å²) in [6, 6.07) is 0. The van der Waals surface area contributed by atoms with Crippen LogP contribution < -0.4 is 11.3 Å². The van der Waals surface area contributed by atoms with Crippen molar-refractivity contribution in [1.29, 1.82) is 0 Å². The number of hydrogen-bond donors (Lipinski definition) is 2. The molecule has 90 valence electrons. The number of sulfone groups is 1. The Balaban J connectivity index is 2.98. The lowest BCUT2D eigenvalue weighted by atomic mass is 10.4. The second-order valence-corrected chi connectivity index (χ2v) is 6.61. The molecule has 0 saturated heterocycles. The minimum atomic E-state index is -3.12. The molecule has 0 aliphatic heterocycles. The van der Waals surface area contributed by atoms with E-state index >= 15 is 0 Å². The van der Waals surface area contributed by atoms with E-state index in [1.807, 2.05) is 5.43 Å². The van der Waals surface area contributed by atoms with Crippen molar-refractivity contribution in [3.05, 3.63) is 15.6 Å². The molecule has 0 radical (unpaired) electrons. The van der Waals surface area contributed by atoms with Gasteiger partial charge in [0.15, 0.2) is 9.84 Å². The van der Waals surface area contributed by atoms with Crippen LogP contribution in [0.15, 0.2) is 0 Å². The fourth-order valence-corrected chi connectivity index (χ4v) is 3.26. The van der Waals surface area contributed by atoms with E-state index in [0.717, 1.165) is 11.3 Å². The molecule has 16 heavy (non-hydrogen) atoms. The molecule has 6 nitrogen and oxygen atoms in total. The monoisotopic (exact) mass is 263 g/mol. The van der Waals surface area contributed by atoms with E-state index in [1.165, 1.54) is 0 Å². The quantitative estimate of drug-likeness (QED) is 0.452. The van der Waals surface area contributed by atoms with Gasteiger partial charge in [-0.2, -0.15) is 0 Å².